The molecule has 0 radical (unpaired) electrons. The summed E-state index contributed by atoms with van der Waals surface area (Å²) in [5.41, 5.74) is 0.660. The number of hydrogen-bond donors (Lipinski definition) is 1. The second-order valence-electron chi connectivity index (χ2n) is 8.05. The van der Waals surface area contributed by atoms with Crippen molar-refractivity contribution < 1.29 is 9.59 Å². The van der Waals surface area contributed by atoms with Gasteiger partial charge in [-0.1, -0.05) is 79.2 Å². The van der Waals surface area contributed by atoms with E-state index in [1.807, 2.05) is 24.3 Å². The molecule has 3 rings (SSSR count). The van der Waals surface area contributed by atoms with Crippen LogP contribution in [0, 0.1) is 0 Å². The van der Waals surface area contributed by atoms with E-state index in [4.69, 9.17) is 0 Å². The first-order valence-electron chi connectivity index (χ1n) is 11.2. The highest BCUT2D eigenvalue weighted by molar-refractivity contribution is 8.76. The minimum Gasteiger partial charge on any atom is -0.343 e. The molecule has 0 saturated heterocycles. The summed E-state index contributed by atoms with van der Waals surface area (Å²) in [6.07, 6.45) is 11.9. The third kappa shape index (κ3) is 6.42. The summed E-state index contributed by atoms with van der Waals surface area (Å²) in [6.45, 7) is 2.20. The maximum absolute atomic E-state index is 13.2. The molecule has 0 aliphatic heterocycles. The maximum Gasteiger partial charge on any atom is 0.252 e. The molecule has 160 valence electrons. The van der Waals surface area contributed by atoms with Gasteiger partial charge in [0.1, 0.15) is 0 Å². The van der Waals surface area contributed by atoms with E-state index in [0.717, 1.165) is 36.3 Å². The maximum atomic E-state index is 13.2. The van der Waals surface area contributed by atoms with Gasteiger partial charge in [0, 0.05) is 22.7 Å². The normalized spacial score (nSPS) is 18.4. The van der Waals surface area contributed by atoms with Crippen LogP contribution in [0.25, 0.3) is 0 Å². The molecular weight excluding hydrogens is 400 g/mol. The highest BCUT2D eigenvalue weighted by Crippen LogP contribution is 2.33. The van der Waals surface area contributed by atoms with E-state index in [1.54, 1.807) is 21.6 Å². The molecule has 4 nitrogen and oxygen atoms in total. The minimum absolute atomic E-state index is 0.102. The van der Waals surface area contributed by atoms with Crippen LogP contribution >= 0.6 is 21.6 Å². The summed E-state index contributed by atoms with van der Waals surface area (Å²) in [4.78, 5) is 29.2. The molecule has 2 saturated carbocycles. The number of hydrogen-bond acceptors (Lipinski definition) is 4. The van der Waals surface area contributed by atoms with Crippen molar-refractivity contribution >= 4 is 33.4 Å². The molecular formula is C23H34N2O2S2. The fraction of sp³-hybridized carbons (Fsp3) is 0.652. The van der Waals surface area contributed by atoms with Crippen LogP contribution in [0.3, 0.4) is 0 Å². The van der Waals surface area contributed by atoms with Crippen LogP contribution in [0.5, 0.6) is 0 Å². The van der Waals surface area contributed by atoms with E-state index in [0.29, 0.717) is 17.6 Å². The quantitative estimate of drug-likeness (QED) is 0.536. The fourth-order valence-electron chi connectivity index (χ4n) is 4.62. The predicted octanol–water partition coefficient (Wildman–Crippen LogP) is 5.67. The standard InChI is InChI=1S/C23H34N2O2S2/c1-2-28-29-21-16-10-9-15-20(21)23(27)24-17-22(26)25(18-11-5-3-6-12-18)19-13-7-4-8-14-19/h9-10,15-16,18-19H,2-8,11-14,17H2,1H3,(H,24,27). The summed E-state index contributed by atoms with van der Waals surface area (Å²) >= 11 is 0. The van der Waals surface area contributed by atoms with Gasteiger partial charge < -0.3 is 10.2 Å². The Morgan fingerprint density at radius 1 is 0.966 bits per heavy atom. The SMILES string of the molecule is CCSSc1ccccc1C(=O)NCC(=O)N(C1CCCCC1)C1CCCCC1. The lowest BCUT2D eigenvalue weighted by Gasteiger charge is -2.41. The van der Waals surface area contributed by atoms with Crippen molar-refractivity contribution in [3.05, 3.63) is 29.8 Å². The van der Waals surface area contributed by atoms with Gasteiger partial charge >= 0.3 is 0 Å². The van der Waals surface area contributed by atoms with Gasteiger partial charge in [0.15, 0.2) is 0 Å². The molecule has 1 aromatic carbocycles. The van der Waals surface area contributed by atoms with Crippen molar-refractivity contribution in [2.45, 2.75) is 88.1 Å². The number of carbonyl (C=O) groups excluding carboxylic acids is 2. The van der Waals surface area contributed by atoms with Crippen LogP contribution in [0.4, 0.5) is 0 Å². The molecule has 6 heteroatoms. The molecule has 29 heavy (non-hydrogen) atoms. The second kappa shape index (κ2) is 11.9. The molecule has 0 spiro atoms. The summed E-state index contributed by atoms with van der Waals surface area (Å²) in [5.74, 6) is 0.937. The lowest BCUT2D eigenvalue weighted by atomic mass is 9.88. The molecule has 2 aliphatic rings. The van der Waals surface area contributed by atoms with Crippen LogP contribution in [0.15, 0.2) is 29.2 Å². The van der Waals surface area contributed by atoms with Gasteiger partial charge in [-0.3, -0.25) is 9.59 Å². The molecule has 2 fully saturated rings. The number of nitrogens with zero attached hydrogens (tertiary/aromatic N) is 1. The predicted molar refractivity (Wildman–Crippen MR) is 123 cm³/mol. The Bertz CT molecular complexity index is 653. The van der Waals surface area contributed by atoms with Gasteiger partial charge in [-0.25, -0.2) is 0 Å². The number of rotatable bonds is 8. The molecule has 0 heterocycles. The van der Waals surface area contributed by atoms with E-state index in [2.05, 4.69) is 17.1 Å². The Hall–Kier alpha value is -1.14. The van der Waals surface area contributed by atoms with Crippen molar-refractivity contribution in [2.24, 2.45) is 0 Å². The Morgan fingerprint density at radius 3 is 2.14 bits per heavy atom. The zero-order chi connectivity index (χ0) is 20.5. The number of nitrogens with one attached hydrogen (secondary N) is 1. The summed E-state index contributed by atoms with van der Waals surface area (Å²) < 4.78 is 0. The van der Waals surface area contributed by atoms with E-state index in [1.165, 1.54) is 38.5 Å². The van der Waals surface area contributed by atoms with Crippen molar-refractivity contribution in [3.8, 4) is 0 Å². The van der Waals surface area contributed by atoms with Gasteiger partial charge in [-0.05, 0) is 37.8 Å². The first-order valence-corrected chi connectivity index (χ1v) is 13.5. The topological polar surface area (TPSA) is 49.4 Å². The van der Waals surface area contributed by atoms with Gasteiger partial charge in [0.25, 0.3) is 5.91 Å². The van der Waals surface area contributed by atoms with Gasteiger partial charge in [-0.15, -0.1) is 0 Å². The van der Waals surface area contributed by atoms with Crippen LogP contribution in [-0.2, 0) is 4.79 Å². The molecule has 2 amide bonds. The van der Waals surface area contributed by atoms with Gasteiger partial charge in [0.2, 0.25) is 5.91 Å². The van der Waals surface area contributed by atoms with Crippen molar-refractivity contribution in [1.82, 2.24) is 10.2 Å². The lowest BCUT2D eigenvalue weighted by molar-refractivity contribution is -0.136. The number of benzene rings is 1. The van der Waals surface area contributed by atoms with Crippen molar-refractivity contribution in [2.75, 3.05) is 12.3 Å². The summed E-state index contributed by atoms with van der Waals surface area (Å²) in [6, 6.07) is 8.38. The summed E-state index contributed by atoms with van der Waals surface area (Å²) in [7, 11) is 3.34. The van der Waals surface area contributed by atoms with E-state index in [9.17, 15) is 9.59 Å². The minimum atomic E-state index is -0.148. The fourth-order valence-corrected chi connectivity index (χ4v) is 6.42. The Kier molecular flexibility index (Phi) is 9.25. The highest BCUT2D eigenvalue weighted by atomic mass is 33.1. The van der Waals surface area contributed by atoms with Crippen molar-refractivity contribution in [3.63, 3.8) is 0 Å². The largest absolute Gasteiger partial charge is 0.343 e. The van der Waals surface area contributed by atoms with E-state index >= 15 is 0 Å². The third-order valence-electron chi connectivity index (χ3n) is 6.02. The first kappa shape index (κ1) is 22.5. The molecule has 1 aromatic rings. The van der Waals surface area contributed by atoms with Gasteiger partial charge in [-0.2, -0.15) is 0 Å². The lowest BCUT2D eigenvalue weighted by Crippen LogP contribution is -2.52. The molecule has 0 unspecified atom stereocenters. The first-order chi connectivity index (χ1) is 14.2. The van der Waals surface area contributed by atoms with Crippen molar-refractivity contribution in [1.29, 1.82) is 0 Å². The van der Waals surface area contributed by atoms with Crippen LogP contribution < -0.4 is 5.32 Å². The van der Waals surface area contributed by atoms with E-state index in [-0.39, 0.29) is 18.4 Å². The van der Waals surface area contributed by atoms with Gasteiger partial charge in [0.05, 0.1) is 12.1 Å². The Morgan fingerprint density at radius 2 is 1.55 bits per heavy atom. The Balaban J connectivity index is 1.64. The van der Waals surface area contributed by atoms with Crippen LogP contribution in [0.1, 0.15) is 81.5 Å². The monoisotopic (exact) mass is 434 g/mol. The number of carbonyl (C=O) groups is 2. The average molecular weight is 435 g/mol. The summed E-state index contributed by atoms with van der Waals surface area (Å²) in [5, 5.41) is 2.92. The molecule has 1 N–H and O–H groups in total. The zero-order valence-corrected chi connectivity index (χ0v) is 19.2. The van der Waals surface area contributed by atoms with Crippen LogP contribution in [0.2, 0.25) is 0 Å². The van der Waals surface area contributed by atoms with E-state index < -0.39 is 0 Å². The second-order valence-corrected chi connectivity index (χ2v) is 10.7. The third-order valence-corrected chi connectivity index (χ3v) is 8.51. The molecule has 0 atom stereocenters. The smallest absolute Gasteiger partial charge is 0.252 e. The average Bonchev–Trinajstić information content (AvgIpc) is 2.78. The van der Waals surface area contributed by atoms with Crippen LogP contribution in [-0.4, -0.2) is 41.1 Å². The molecule has 0 aromatic heterocycles. The zero-order valence-electron chi connectivity index (χ0n) is 17.5. The molecule has 0 bridgehead atoms. The molecule has 2 aliphatic carbocycles. The Labute approximate surface area is 183 Å². The number of amides is 2. The highest BCUT2D eigenvalue weighted by Gasteiger charge is 2.32.